The summed E-state index contributed by atoms with van der Waals surface area (Å²) in [6.07, 6.45) is 6.80. The van der Waals surface area contributed by atoms with Crippen molar-refractivity contribution in [1.82, 2.24) is 0 Å². The Hall–Kier alpha value is -1.06. The number of unbranched alkanes of at least 4 members (excludes halogenated alkanes) is 2. The summed E-state index contributed by atoms with van der Waals surface area (Å²) in [7, 11) is 0. The highest BCUT2D eigenvalue weighted by atomic mass is 16.4. The molecule has 0 amide bonds. The highest BCUT2D eigenvalue weighted by molar-refractivity contribution is 5.69. The van der Waals surface area contributed by atoms with Crippen molar-refractivity contribution in [3.8, 4) is 0 Å². The highest BCUT2D eigenvalue weighted by Gasteiger charge is 2.22. The van der Waals surface area contributed by atoms with Crippen molar-refractivity contribution in [2.24, 2.45) is 17.3 Å². The summed E-state index contributed by atoms with van der Waals surface area (Å²) >= 11 is 0. The molecule has 124 valence electrons. The molecule has 21 heavy (non-hydrogen) atoms. The van der Waals surface area contributed by atoms with E-state index < -0.39 is 11.9 Å². The van der Waals surface area contributed by atoms with Gasteiger partial charge >= 0.3 is 11.9 Å². The summed E-state index contributed by atoms with van der Waals surface area (Å²) < 4.78 is 0. The second-order valence-corrected chi connectivity index (χ2v) is 7.11. The van der Waals surface area contributed by atoms with Crippen LogP contribution < -0.4 is 0 Å². The van der Waals surface area contributed by atoms with Crippen LogP contribution in [-0.4, -0.2) is 22.2 Å². The molecule has 0 radical (unpaired) electrons. The molecule has 0 saturated heterocycles. The molecule has 0 aromatic heterocycles. The average Bonchev–Trinajstić information content (AvgIpc) is 2.31. The predicted molar refractivity (Wildman–Crippen MR) is 84.3 cm³/mol. The number of hydrogen-bond donors (Lipinski definition) is 2. The first kappa shape index (κ1) is 19.9. The Balaban J connectivity index is 3.88. The summed E-state index contributed by atoms with van der Waals surface area (Å²) in [6.45, 7) is 8.30. The molecule has 0 bridgehead atoms. The van der Waals surface area contributed by atoms with Crippen LogP contribution in [0.1, 0.15) is 79.1 Å². The van der Waals surface area contributed by atoms with Gasteiger partial charge in [-0.3, -0.25) is 9.59 Å². The van der Waals surface area contributed by atoms with Gasteiger partial charge < -0.3 is 10.2 Å². The van der Waals surface area contributed by atoms with Crippen molar-refractivity contribution >= 4 is 11.9 Å². The fourth-order valence-electron chi connectivity index (χ4n) is 3.09. The van der Waals surface area contributed by atoms with Gasteiger partial charge in [-0.1, -0.05) is 47.0 Å². The first-order valence-corrected chi connectivity index (χ1v) is 8.12. The normalized spacial score (nSPS) is 14.7. The fraction of sp³-hybridized carbons (Fsp3) is 0.882. The minimum Gasteiger partial charge on any atom is -0.481 e. The van der Waals surface area contributed by atoms with Crippen LogP contribution in [0.25, 0.3) is 0 Å². The quantitative estimate of drug-likeness (QED) is 0.517. The minimum atomic E-state index is -0.724. The van der Waals surface area contributed by atoms with Gasteiger partial charge in [-0.25, -0.2) is 0 Å². The van der Waals surface area contributed by atoms with Crippen molar-refractivity contribution in [2.75, 3.05) is 0 Å². The maximum absolute atomic E-state index is 10.9. The Kier molecular flexibility index (Phi) is 9.31. The molecule has 0 aliphatic rings. The van der Waals surface area contributed by atoms with Crippen LogP contribution in [0.15, 0.2) is 0 Å². The standard InChI is InChI=1S/C17H32O4/c1-5-14(16(20)21)9-7-6-8-10-17(3,4)12-13(2)11-15(18)19/h13-14H,5-12H2,1-4H3,(H,18,19)(H,20,21). The van der Waals surface area contributed by atoms with Crippen LogP contribution in [0.4, 0.5) is 0 Å². The topological polar surface area (TPSA) is 74.6 Å². The number of carbonyl (C=O) groups is 2. The second-order valence-electron chi connectivity index (χ2n) is 7.11. The number of carboxylic acid groups (broad SMARTS) is 2. The second kappa shape index (κ2) is 9.80. The Morgan fingerprint density at radius 2 is 1.71 bits per heavy atom. The molecule has 0 heterocycles. The lowest BCUT2D eigenvalue weighted by atomic mass is 9.78. The average molecular weight is 300 g/mol. The fourth-order valence-corrected chi connectivity index (χ4v) is 3.09. The Morgan fingerprint density at radius 3 is 2.19 bits per heavy atom. The third-order valence-electron chi connectivity index (χ3n) is 4.17. The van der Waals surface area contributed by atoms with Gasteiger partial charge in [0.05, 0.1) is 5.92 Å². The van der Waals surface area contributed by atoms with Crippen LogP contribution in [0.3, 0.4) is 0 Å². The highest BCUT2D eigenvalue weighted by Crippen LogP contribution is 2.32. The third kappa shape index (κ3) is 10.3. The zero-order chi connectivity index (χ0) is 16.5. The maximum Gasteiger partial charge on any atom is 0.306 e. The van der Waals surface area contributed by atoms with Gasteiger partial charge in [-0.2, -0.15) is 0 Å². The van der Waals surface area contributed by atoms with E-state index in [1.807, 2.05) is 13.8 Å². The van der Waals surface area contributed by atoms with E-state index in [1.165, 1.54) is 0 Å². The van der Waals surface area contributed by atoms with Crippen molar-refractivity contribution < 1.29 is 19.8 Å². The van der Waals surface area contributed by atoms with E-state index in [0.717, 1.165) is 38.5 Å². The number of rotatable bonds is 12. The molecule has 0 fully saturated rings. The Morgan fingerprint density at radius 1 is 1.10 bits per heavy atom. The number of carboxylic acids is 2. The zero-order valence-corrected chi connectivity index (χ0v) is 14.0. The van der Waals surface area contributed by atoms with Crippen molar-refractivity contribution in [2.45, 2.75) is 79.1 Å². The summed E-state index contributed by atoms with van der Waals surface area (Å²) in [4.78, 5) is 21.6. The summed E-state index contributed by atoms with van der Waals surface area (Å²) in [6, 6.07) is 0. The number of hydrogen-bond acceptors (Lipinski definition) is 2. The Labute approximate surface area is 128 Å². The molecule has 0 aliphatic carbocycles. The minimum absolute atomic E-state index is 0.159. The monoisotopic (exact) mass is 300 g/mol. The van der Waals surface area contributed by atoms with Gasteiger partial charge in [0.1, 0.15) is 0 Å². The molecule has 0 rings (SSSR count). The summed E-state index contributed by atoms with van der Waals surface area (Å²) in [5.41, 5.74) is 0.159. The van der Waals surface area contributed by atoms with Crippen LogP contribution in [-0.2, 0) is 9.59 Å². The summed E-state index contributed by atoms with van der Waals surface area (Å²) in [5, 5.41) is 17.8. The SMILES string of the molecule is CCC(CCCCCC(C)(C)CC(C)CC(=O)O)C(=O)O. The van der Waals surface area contributed by atoms with Gasteiger partial charge in [-0.05, 0) is 37.0 Å². The molecule has 0 saturated carbocycles. The molecule has 4 heteroatoms. The summed E-state index contributed by atoms with van der Waals surface area (Å²) in [5.74, 6) is -1.40. The van der Waals surface area contributed by atoms with E-state index in [0.29, 0.717) is 6.42 Å². The molecule has 2 atom stereocenters. The molecular weight excluding hydrogens is 268 g/mol. The lowest BCUT2D eigenvalue weighted by molar-refractivity contribution is -0.142. The Bertz CT molecular complexity index is 323. The van der Waals surface area contributed by atoms with Gasteiger partial charge in [0, 0.05) is 6.42 Å². The molecule has 4 nitrogen and oxygen atoms in total. The van der Waals surface area contributed by atoms with Gasteiger partial charge in [-0.15, -0.1) is 0 Å². The van der Waals surface area contributed by atoms with E-state index in [4.69, 9.17) is 10.2 Å². The first-order chi connectivity index (χ1) is 9.68. The van der Waals surface area contributed by atoms with Gasteiger partial charge in [0.25, 0.3) is 0 Å². The lowest BCUT2D eigenvalue weighted by Gasteiger charge is -2.27. The van der Waals surface area contributed by atoms with Crippen molar-refractivity contribution in [1.29, 1.82) is 0 Å². The molecule has 0 aromatic carbocycles. The van der Waals surface area contributed by atoms with E-state index in [-0.39, 0.29) is 23.7 Å². The van der Waals surface area contributed by atoms with E-state index in [1.54, 1.807) is 0 Å². The van der Waals surface area contributed by atoms with E-state index >= 15 is 0 Å². The van der Waals surface area contributed by atoms with Crippen LogP contribution in [0.2, 0.25) is 0 Å². The zero-order valence-electron chi connectivity index (χ0n) is 14.0. The third-order valence-corrected chi connectivity index (χ3v) is 4.17. The van der Waals surface area contributed by atoms with Crippen molar-refractivity contribution in [3.05, 3.63) is 0 Å². The van der Waals surface area contributed by atoms with E-state index in [2.05, 4.69) is 13.8 Å². The van der Waals surface area contributed by atoms with Crippen LogP contribution >= 0.6 is 0 Å². The first-order valence-electron chi connectivity index (χ1n) is 8.12. The number of aliphatic carboxylic acids is 2. The van der Waals surface area contributed by atoms with Crippen LogP contribution in [0.5, 0.6) is 0 Å². The molecule has 2 unspecified atom stereocenters. The lowest BCUT2D eigenvalue weighted by Crippen LogP contribution is -2.17. The predicted octanol–water partition coefficient (Wildman–Crippen LogP) is 4.57. The van der Waals surface area contributed by atoms with Gasteiger partial charge in [0.2, 0.25) is 0 Å². The maximum atomic E-state index is 10.9. The van der Waals surface area contributed by atoms with E-state index in [9.17, 15) is 9.59 Å². The molecule has 0 spiro atoms. The van der Waals surface area contributed by atoms with Gasteiger partial charge in [0.15, 0.2) is 0 Å². The molecule has 0 aliphatic heterocycles. The van der Waals surface area contributed by atoms with Crippen LogP contribution in [0, 0.1) is 17.3 Å². The largest absolute Gasteiger partial charge is 0.481 e. The molecule has 2 N–H and O–H groups in total. The van der Waals surface area contributed by atoms with Crippen molar-refractivity contribution in [3.63, 3.8) is 0 Å². The smallest absolute Gasteiger partial charge is 0.306 e. The molecule has 0 aromatic rings. The molecular formula is C17H32O4.